The number of carbonyl (C=O) groups excluding carboxylic acids is 1. The van der Waals surface area contributed by atoms with Gasteiger partial charge in [0.2, 0.25) is 0 Å². The molecular formula is C15H12FNO3S. The summed E-state index contributed by atoms with van der Waals surface area (Å²) >= 11 is 1.43. The first-order valence-electron chi connectivity index (χ1n) is 6.00. The van der Waals surface area contributed by atoms with E-state index in [1.807, 2.05) is 18.4 Å². The van der Waals surface area contributed by atoms with E-state index in [0.717, 1.165) is 17.0 Å². The van der Waals surface area contributed by atoms with E-state index in [9.17, 15) is 14.0 Å². The lowest BCUT2D eigenvalue weighted by atomic mass is 10.1. The molecule has 0 aliphatic rings. The molecule has 0 saturated carbocycles. The van der Waals surface area contributed by atoms with E-state index in [1.54, 1.807) is 12.1 Å². The van der Waals surface area contributed by atoms with Crippen LogP contribution < -0.4 is 5.32 Å². The Kier molecular flexibility index (Phi) is 4.59. The highest BCUT2D eigenvalue weighted by atomic mass is 32.2. The van der Waals surface area contributed by atoms with Crippen LogP contribution in [0, 0.1) is 5.82 Å². The standard InChI is InChI=1S/C15H12FNO3S/c1-21-13-5-3-2-4-11(13)14(18)17-9-6-7-10(15(19)20)12(16)8-9/h2-8H,1H3,(H,17,18)(H,19,20). The van der Waals surface area contributed by atoms with Crippen molar-refractivity contribution in [2.45, 2.75) is 4.90 Å². The fourth-order valence-corrected chi connectivity index (χ4v) is 2.39. The first-order valence-corrected chi connectivity index (χ1v) is 7.22. The lowest BCUT2D eigenvalue weighted by Gasteiger charge is -2.09. The number of amides is 1. The van der Waals surface area contributed by atoms with Gasteiger partial charge in [0, 0.05) is 10.6 Å². The molecule has 1 amide bonds. The maximum atomic E-state index is 13.6. The van der Waals surface area contributed by atoms with Gasteiger partial charge in [0.15, 0.2) is 0 Å². The summed E-state index contributed by atoms with van der Waals surface area (Å²) in [5.74, 6) is -2.61. The second-order valence-corrected chi connectivity index (χ2v) is 5.00. The van der Waals surface area contributed by atoms with Gasteiger partial charge < -0.3 is 10.4 Å². The van der Waals surface area contributed by atoms with E-state index in [0.29, 0.717) is 5.56 Å². The van der Waals surface area contributed by atoms with Crippen molar-refractivity contribution in [1.29, 1.82) is 0 Å². The number of hydrogen-bond acceptors (Lipinski definition) is 3. The number of rotatable bonds is 4. The Labute approximate surface area is 125 Å². The molecule has 0 aliphatic heterocycles. The van der Waals surface area contributed by atoms with Gasteiger partial charge in [0.05, 0.1) is 11.1 Å². The molecule has 2 aromatic rings. The maximum absolute atomic E-state index is 13.6. The molecule has 108 valence electrons. The van der Waals surface area contributed by atoms with Crippen LogP contribution in [0.4, 0.5) is 10.1 Å². The molecule has 0 spiro atoms. The van der Waals surface area contributed by atoms with Crippen LogP contribution in [0.25, 0.3) is 0 Å². The Morgan fingerprint density at radius 2 is 1.86 bits per heavy atom. The van der Waals surface area contributed by atoms with Gasteiger partial charge in [-0.25, -0.2) is 9.18 Å². The molecule has 2 rings (SSSR count). The topological polar surface area (TPSA) is 66.4 Å². The van der Waals surface area contributed by atoms with Crippen molar-refractivity contribution >= 4 is 29.3 Å². The molecule has 21 heavy (non-hydrogen) atoms. The number of carboxylic acid groups (broad SMARTS) is 1. The van der Waals surface area contributed by atoms with Crippen LogP contribution in [0.1, 0.15) is 20.7 Å². The molecule has 0 aromatic heterocycles. The summed E-state index contributed by atoms with van der Waals surface area (Å²) in [6.07, 6.45) is 1.85. The minimum Gasteiger partial charge on any atom is -0.478 e. The van der Waals surface area contributed by atoms with Gasteiger partial charge in [-0.2, -0.15) is 0 Å². The van der Waals surface area contributed by atoms with Gasteiger partial charge in [0.1, 0.15) is 5.82 Å². The third kappa shape index (κ3) is 3.41. The molecule has 0 radical (unpaired) electrons. The van der Waals surface area contributed by atoms with Gasteiger partial charge in [-0.05, 0) is 36.6 Å². The lowest BCUT2D eigenvalue weighted by molar-refractivity contribution is 0.0692. The quantitative estimate of drug-likeness (QED) is 0.848. The third-order valence-electron chi connectivity index (χ3n) is 2.81. The van der Waals surface area contributed by atoms with Crippen LogP contribution in [0.5, 0.6) is 0 Å². The molecule has 0 atom stereocenters. The zero-order valence-electron chi connectivity index (χ0n) is 11.1. The molecule has 0 heterocycles. The molecule has 0 bridgehead atoms. The minimum absolute atomic E-state index is 0.207. The van der Waals surface area contributed by atoms with Gasteiger partial charge in [-0.15, -0.1) is 11.8 Å². The second-order valence-electron chi connectivity index (χ2n) is 4.15. The highest BCUT2D eigenvalue weighted by molar-refractivity contribution is 7.98. The summed E-state index contributed by atoms with van der Waals surface area (Å²) in [6.45, 7) is 0. The number of benzene rings is 2. The van der Waals surface area contributed by atoms with Gasteiger partial charge >= 0.3 is 5.97 Å². The summed E-state index contributed by atoms with van der Waals surface area (Å²) < 4.78 is 13.6. The fourth-order valence-electron chi connectivity index (χ4n) is 1.80. The molecule has 0 saturated heterocycles. The lowest BCUT2D eigenvalue weighted by Crippen LogP contribution is -2.13. The molecule has 4 nitrogen and oxygen atoms in total. The van der Waals surface area contributed by atoms with E-state index < -0.39 is 17.3 Å². The molecular weight excluding hydrogens is 293 g/mol. The average Bonchev–Trinajstić information content (AvgIpc) is 2.46. The number of halogens is 1. The Morgan fingerprint density at radius 1 is 1.14 bits per heavy atom. The van der Waals surface area contributed by atoms with E-state index in [2.05, 4.69) is 5.32 Å². The van der Waals surface area contributed by atoms with Crippen molar-refractivity contribution < 1.29 is 19.1 Å². The predicted molar refractivity (Wildman–Crippen MR) is 79.5 cm³/mol. The molecule has 0 fully saturated rings. The Balaban J connectivity index is 2.24. The van der Waals surface area contributed by atoms with Crippen LogP contribution in [0.3, 0.4) is 0 Å². The summed E-state index contributed by atoms with van der Waals surface area (Å²) in [5, 5.41) is 11.3. The van der Waals surface area contributed by atoms with E-state index in [-0.39, 0.29) is 11.6 Å². The zero-order chi connectivity index (χ0) is 15.4. The van der Waals surface area contributed by atoms with Crippen LogP contribution in [-0.2, 0) is 0 Å². The van der Waals surface area contributed by atoms with Crippen molar-refractivity contribution in [3.63, 3.8) is 0 Å². The summed E-state index contributed by atoms with van der Waals surface area (Å²) in [4.78, 5) is 23.7. The normalized spacial score (nSPS) is 10.2. The van der Waals surface area contributed by atoms with Crippen molar-refractivity contribution in [2.75, 3.05) is 11.6 Å². The Morgan fingerprint density at radius 3 is 2.48 bits per heavy atom. The van der Waals surface area contributed by atoms with Crippen LogP contribution >= 0.6 is 11.8 Å². The van der Waals surface area contributed by atoms with E-state index in [4.69, 9.17) is 5.11 Å². The SMILES string of the molecule is CSc1ccccc1C(=O)Nc1ccc(C(=O)O)c(F)c1. The van der Waals surface area contributed by atoms with Crippen LogP contribution in [-0.4, -0.2) is 23.2 Å². The van der Waals surface area contributed by atoms with E-state index >= 15 is 0 Å². The maximum Gasteiger partial charge on any atom is 0.338 e. The predicted octanol–water partition coefficient (Wildman–Crippen LogP) is 3.50. The second kappa shape index (κ2) is 6.41. The van der Waals surface area contributed by atoms with Crippen molar-refractivity contribution in [3.05, 3.63) is 59.4 Å². The molecule has 0 unspecified atom stereocenters. The summed E-state index contributed by atoms with van der Waals surface area (Å²) in [5.41, 5.74) is 0.253. The number of anilines is 1. The smallest absolute Gasteiger partial charge is 0.338 e. The van der Waals surface area contributed by atoms with Gasteiger partial charge in [-0.3, -0.25) is 4.79 Å². The fraction of sp³-hybridized carbons (Fsp3) is 0.0667. The number of hydrogen-bond donors (Lipinski definition) is 2. The first-order chi connectivity index (χ1) is 10.0. The van der Waals surface area contributed by atoms with Crippen molar-refractivity contribution in [1.82, 2.24) is 0 Å². The first kappa shape index (κ1) is 15.1. The Bertz CT molecular complexity index is 703. The number of nitrogens with one attached hydrogen (secondary N) is 1. The van der Waals surface area contributed by atoms with Crippen LogP contribution in [0.15, 0.2) is 47.4 Å². The van der Waals surface area contributed by atoms with Crippen LogP contribution in [0.2, 0.25) is 0 Å². The highest BCUT2D eigenvalue weighted by Crippen LogP contribution is 2.22. The number of aromatic carboxylic acids is 1. The minimum atomic E-state index is -1.35. The summed E-state index contributed by atoms with van der Waals surface area (Å²) in [6, 6.07) is 10.5. The van der Waals surface area contributed by atoms with Gasteiger partial charge in [0.25, 0.3) is 5.91 Å². The molecule has 2 N–H and O–H groups in total. The molecule has 0 aliphatic carbocycles. The average molecular weight is 305 g/mol. The summed E-state index contributed by atoms with van der Waals surface area (Å²) in [7, 11) is 0. The number of carbonyl (C=O) groups is 2. The van der Waals surface area contributed by atoms with E-state index in [1.165, 1.54) is 17.8 Å². The highest BCUT2D eigenvalue weighted by Gasteiger charge is 2.14. The zero-order valence-corrected chi connectivity index (χ0v) is 11.9. The van der Waals surface area contributed by atoms with Gasteiger partial charge in [-0.1, -0.05) is 12.1 Å². The van der Waals surface area contributed by atoms with Crippen molar-refractivity contribution in [2.24, 2.45) is 0 Å². The third-order valence-corrected chi connectivity index (χ3v) is 3.60. The van der Waals surface area contributed by atoms with Crippen molar-refractivity contribution in [3.8, 4) is 0 Å². The number of thioether (sulfide) groups is 1. The molecule has 2 aromatic carbocycles. The number of carboxylic acids is 1. The monoisotopic (exact) mass is 305 g/mol. The largest absolute Gasteiger partial charge is 0.478 e. The Hall–Kier alpha value is -2.34. The molecule has 6 heteroatoms.